The summed E-state index contributed by atoms with van der Waals surface area (Å²) in [5, 5.41) is 9.87. The van der Waals surface area contributed by atoms with E-state index >= 15 is 0 Å². The van der Waals surface area contributed by atoms with Gasteiger partial charge in [0.2, 0.25) is 0 Å². The molecular weight excluding hydrogens is 449 g/mol. The van der Waals surface area contributed by atoms with E-state index in [0.717, 1.165) is 22.9 Å². The zero-order valence-electron chi connectivity index (χ0n) is 10.2. The van der Waals surface area contributed by atoms with Gasteiger partial charge in [-0.05, 0) is 56.7 Å². The summed E-state index contributed by atoms with van der Waals surface area (Å²) in [6, 6.07) is 1.74. The van der Waals surface area contributed by atoms with Crippen LogP contribution < -0.4 is 5.73 Å². The minimum Gasteiger partial charge on any atom is -0.506 e. The van der Waals surface area contributed by atoms with Gasteiger partial charge in [-0.1, -0.05) is 29.8 Å². The molecule has 0 saturated heterocycles. The van der Waals surface area contributed by atoms with Crippen molar-refractivity contribution in [3.8, 4) is 5.75 Å². The van der Waals surface area contributed by atoms with Crippen LogP contribution in [0.5, 0.6) is 5.75 Å². The van der Waals surface area contributed by atoms with Crippen molar-refractivity contribution in [1.29, 1.82) is 0 Å². The molecule has 18 heavy (non-hydrogen) atoms. The van der Waals surface area contributed by atoms with E-state index in [9.17, 15) is 5.11 Å². The van der Waals surface area contributed by atoms with Gasteiger partial charge in [0.15, 0.2) is 0 Å². The van der Waals surface area contributed by atoms with Gasteiger partial charge in [0.25, 0.3) is 0 Å². The molecule has 0 heterocycles. The lowest BCUT2D eigenvalue weighted by molar-refractivity contribution is 0.462. The fourth-order valence-electron chi connectivity index (χ4n) is 1.59. The Morgan fingerprint density at radius 2 is 1.72 bits per heavy atom. The molecule has 1 atom stereocenters. The number of hydrogen-bond acceptors (Lipinski definition) is 2. The fraction of sp³-hybridized carbons (Fsp3) is 0.500. The number of aromatic hydroxyl groups is 1. The third kappa shape index (κ3) is 4.67. The fourth-order valence-corrected chi connectivity index (χ4v) is 4.30. The molecule has 0 radical (unpaired) electrons. The van der Waals surface area contributed by atoms with Gasteiger partial charge in [-0.2, -0.15) is 0 Å². The van der Waals surface area contributed by atoms with Crippen LogP contribution in [-0.4, -0.2) is 5.11 Å². The highest BCUT2D eigenvalue weighted by molar-refractivity contribution is 9.11. The number of rotatable bonds is 4. The second kappa shape index (κ2) is 8.10. The molecule has 1 rings (SSSR count). The minimum atomic E-state index is -0.0832. The van der Waals surface area contributed by atoms with Gasteiger partial charge < -0.3 is 10.8 Å². The van der Waals surface area contributed by atoms with Crippen molar-refractivity contribution in [2.75, 3.05) is 0 Å². The van der Waals surface area contributed by atoms with E-state index in [1.165, 1.54) is 0 Å². The third-order valence-corrected chi connectivity index (χ3v) is 4.67. The zero-order valence-corrected chi connectivity index (χ0v) is 15.8. The van der Waals surface area contributed by atoms with Gasteiger partial charge in [0, 0.05) is 16.1 Å². The first kappa shape index (κ1) is 18.7. The van der Waals surface area contributed by atoms with Crippen LogP contribution in [0.2, 0.25) is 0 Å². The lowest BCUT2D eigenvalue weighted by Gasteiger charge is -2.18. The van der Waals surface area contributed by atoms with Crippen molar-refractivity contribution in [3.05, 3.63) is 25.0 Å². The summed E-state index contributed by atoms with van der Waals surface area (Å²) in [7, 11) is 0. The van der Waals surface area contributed by atoms with Gasteiger partial charge in [-0.3, -0.25) is 0 Å². The largest absolute Gasteiger partial charge is 0.506 e. The predicted molar refractivity (Wildman–Crippen MR) is 89.5 cm³/mol. The van der Waals surface area contributed by atoms with Crippen LogP contribution in [-0.2, 0) is 0 Å². The lowest BCUT2D eigenvalue weighted by Crippen LogP contribution is -2.12. The molecule has 0 amide bonds. The molecule has 3 N–H and O–H groups in total. The Morgan fingerprint density at radius 3 is 2.22 bits per heavy atom. The Morgan fingerprint density at radius 1 is 1.17 bits per heavy atom. The van der Waals surface area contributed by atoms with Crippen molar-refractivity contribution >= 4 is 60.2 Å². The molecule has 0 unspecified atom stereocenters. The van der Waals surface area contributed by atoms with E-state index in [2.05, 4.69) is 61.6 Å². The Balaban J connectivity index is 0.00000289. The Kier molecular flexibility index (Phi) is 8.42. The molecule has 0 bridgehead atoms. The van der Waals surface area contributed by atoms with Crippen LogP contribution >= 0.6 is 60.2 Å². The molecular formula is C12H17Br3ClNO. The molecule has 1 aromatic rings. The van der Waals surface area contributed by atoms with Crippen molar-refractivity contribution in [3.63, 3.8) is 0 Å². The quantitative estimate of drug-likeness (QED) is 0.613. The molecule has 104 valence electrons. The third-order valence-electron chi connectivity index (χ3n) is 2.61. The Hall–Kier alpha value is 0.710. The number of halogens is 4. The highest BCUT2D eigenvalue weighted by Crippen LogP contribution is 2.42. The minimum absolute atomic E-state index is 0. The highest BCUT2D eigenvalue weighted by Gasteiger charge is 2.19. The van der Waals surface area contributed by atoms with Gasteiger partial charge in [-0.15, -0.1) is 12.4 Å². The molecule has 2 nitrogen and oxygen atoms in total. The van der Waals surface area contributed by atoms with Crippen molar-refractivity contribution in [2.24, 2.45) is 11.7 Å². The smallest absolute Gasteiger partial charge is 0.144 e. The molecule has 1 aromatic carbocycles. The van der Waals surface area contributed by atoms with Gasteiger partial charge in [0.05, 0.1) is 8.95 Å². The van der Waals surface area contributed by atoms with Crippen molar-refractivity contribution < 1.29 is 5.11 Å². The van der Waals surface area contributed by atoms with Crippen LogP contribution in [0, 0.1) is 5.92 Å². The van der Waals surface area contributed by atoms with Crippen LogP contribution in [0.25, 0.3) is 0 Å². The van der Waals surface area contributed by atoms with E-state index in [4.69, 9.17) is 5.73 Å². The SMILES string of the molecule is CC(C)CC[C@@H](N)c1c(Br)cc(Br)c(O)c1Br.Cl. The molecule has 6 heteroatoms. The van der Waals surface area contributed by atoms with Gasteiger partial charge in [0.1, 0.15) is 5.75 Å². The number of benzene rings is 1. The molecule has 0 aliphatic rings. The number of phenolic OH excluding ortho intramolecular Hbond substituents is 1. The van der Waals surface area contributed by atoms with Gasteiger partial charge >= 0.3 is 0 Å². The second-order valence-electron chi connectivity index (χ2n) is 4.49. The summed E-state index contributed by atoms with van der Waals surface area (Å²) in [6.07, 6.45) is 1.97. The Bertz CT molecular complexity index is 413. The first-order valence-corrected chi connectivity index (χ1v) is 7.84. The normalized spacial score (nSPS) is 12.4. The zero-order chi connectivity index (χ0) is 13.2. The van der Waals surface area contributed by atoms with E-state index < -0.39 is 0 Å². The van der Waals surface area contributed by atoms with E-state index in [0.29, 0.717) is 14.9 Å². The summed E-state index contributed by atoms with van der Waals surface area (Å²) in [5.41, 5.74) is 7.10. The summed E-state index contributed by atoms with van der Waals surface area (Å²) in [5.74, 6) is 0.825. The average Bonchev–Trinajstić information content (AvgIpc) is 2.23. The number of nitrogens with two attached hydrogens (primary N) is 1. The first-order chi connectivity index (χ1) is 7.84. The van der Waals surface area contributed by atoms with Crippen molar-refractivity contribution in [1.82, 2.24) is 0 Å². The molecule has 0 spiro atoms. The summed E-state index contributed by atoms with van der Waals surface area (Å²) < 4.78 is 2.22. The summed E-state index contributed by atoms with van der Waals surface area (Å²) in [4.78, 5) is 0. The number of hydrogen-bond donors (Lipinski definition) is 2. The molecule has 0 aliphatic heterocycles. The van der Waals surface area contributed by atoms with E-state index in [1.54, 1.807) is 0 Å². The first-order valence-electron chi connectivity index (χ1n) is 5.46. The van der Waals surface area contributed by atoms with Crippen LogP contribution in [0.3, 0.4) is 0 Å². The van der Waals surface area contributed by atoms with E-state index in [1.807, 2.05) is 6.07 Å². The lowest BCUT2D eigenvalue weighted by atomic mass is 9.98. The molecule has 0 saturated carbocycles. The topological polar surface area (TPSA) is 46.2 Å². The summed E-state index contributed by atoms with van der Waals surface area (Å²) in [6.45, 7) is 4.35. The molecule has 0 aliphatic carbocycles. The standard InChI is InChI=1S/C12H16Br3NO.ClH/c1-6(2)3-4-9(16)10-7(13)5-8(14)12(17)11(10)15;/h5-6,9,17H,3-4,16H2,1-2H3;1H/t9-;/m1./s1. The highest BCUT2D eigenvalue weighted by atomic mass is 79.9. The molecule has 0 aromatic heterocycles. The maximum atomic E-state index is 9.87. The average molecular weight is 466 g/mol. The Labute approximate surface area is 140 Å². The maximum absolute atomic E-state index is 9.87. The maximum Gasteiger partial charge on any atom is 0.144 e. The van der Waals surface area contributed by atoms with Crippen LogP contribution in [0.1, 0.15) is 38.3 Å². The van der Waals surface area contributed by atoms with Gasteiger partial charge in [-0.25, -0.2) is 0 Å². The predicted octanol–water partition coefficient (Wildman–Crippen LogP) is 5.54. The van der Waals surface area contributed by atoms with Crippen molar-refractivity contribution in [2.45, 2.75) is 32.7 Å². The van der Waals surface area contributed by atoms with Crippen LogP contribution in [0.15, 0.2) is 19.5 Å². The monoisotopic (exact) mass is 463 g/mol. The number of phenols is 1. The van der Waals surface area contributed by atoms with E-state index in [-0.39, 0.29) is 24.2 Å². The summed E-state index contributed by atoms with van der Waals surface area (Å²) >= 11 is 10.2. The second-order valence-corrected chi connectivity index (χ2v) is 7.00. The van der Waals surface area contributed by atoms with Crippen LogP contribution in [0.4, 0.5) is 0 Å². The molecule has 0 fully saturated rings.